The predicted molar refractivity (Wildman–Crippen MR) is 72.6 cm³/mol. The van der Waals surface area contributed by atoms with Gasteiger partial charge >= 0.3 is 0 Å². The van der Waals surface area contributed by atoms with Gasteiger partial charge in [0.2, 0.25) is 5.91 Å². The van der Waals surface area contributed by atoms with E-state index >= 15 is 0 Å². The Labute approximate surface area is 115 Å². The molecule has 2 heterocycles. The summed E-state index contributed by atoms with van der Waals surface area (Å²) in [6, 6.07) is 3.42. The van der Waals surface area contributed by atoms with Gasteiger partial charge in [0.15, 0.2) is 0 Å². The Kier molecular flexibility index (Phi) is 3.80. The van der Waals surface area contributed by atoms with Crippen molar-refractivity contribution in [1.82, 2.24) is 19.7 Å². The maximum atomic E-state index is 11.4. The van der Waals surface area contributed by atoms with Gasteiger partial charge in [-0.15, -0.1) is 0 Å². The van der Waals surface area contributed by atoms with Gasteiger partial charge in [0.05, 0.1) is 5.69 Å². The van der Waals surface area contributed by atoms with Crippen LogP contribution in [0.25, 0.3) is 5.95 Å². The molecule has 2 aromatic rings. The number of nitrogens with one attached hydrogen (secondary N) is 1. The molecule has 2 rings (SSSR count). The molecular weight excluding hydrogens is 266 g/mol. The second-order valence-corrected chi connectivity index (χ2v) is 4.50. The summed E-state index contributed by atoms with van der Waals surface area (Å²) < 4.78 is 1.59. The molecule has 1 amide bonds. The van der Waals surface area contributed by atoms with Gasteiger partial charge < -0.3 is 5.32 Å². The van der Waals surface area contributed by atoms with Gasteiger partial charge in [-0.1, -0.05) is 18.5 Å². The number of rotatable bonds is 3. The molecule has 0 aliphatic heterocycles. The van der Waals surface area contributed by atoms with Crippen molar-refractivity contribution in [2.45, 2.75) is 27.2 Å². The van der Waals surface area contributed by atoms with E-state index in [9.17, 15) is 4.79 Å². The van der Waals surface area contributed by atoms with Gasteiger partial charge in [-0.05, 0) is 19.9 Å². The second-order valence-electron chi connectivity index (χ2n) is 4.12. The molecule has 0 radical (unpaired) electrons. The van der Waals surface area contributed by atoms with Crippen LogP contribution in [0.3, 0.4) is 0 Å². The third-order valence-corrected chi connectivity index (χ3v) is 2.66. The van der Waals surface area contributed by atoms with Gasteiger partial charge in [0.1, 0.15) is 11.0 Å². The Hall–Kier alpha value is -1.95. The summed E-state index contributed by atoms with van der Waals surface area (Å²) in [5.74, 6) is 0.577. The Morgan fingerprint density at radius 1 is 1.37 bits per heavy atom. The molecule has 0 atom stereocenters. The molecule has 0 spiro atoms. The van der Waals surface area contributed by atoms with Crippen LogP contribution < -0.4 is 5.32 Å². The molecule has 0 unspecified atom stereocenters. The molecule has 0 saturated heterocycles. The molecule has 6 nitrogen and oxygen atoms in total. The highest BCUT2D eigenvalue weighted by atomic mass is 35.5. The highest BCUT2D eigenvalue weighted by molar-refractivity contribution is 6.29. The van der Waals surface area contributed by atoms with Crippen LogP contribution in [0.5, 0.6) is 0 Å². The molecule has 0 saturated carbocycles. The summed E-state index contributed by atoms with van der Waals surface area (Å²) in [4.78, 5) is 19.7. The predicted octanol–water partition coefficient (Wildman–Crippen LogP) is 2.28. The summed E-state index contributed by atoms with van der Waals surface area (Å²) in [5, 5.41) is 7.19. The summed E-state index contributed by atoms with van der Waals surface area (Å²) >= 11 is 5.94. The molecule has 0 bridgehead atoms. The number of aromatic nitrogens is 4. The third kappa shape index (κ3) is 3.08. The lowest BCUT2D eigenvalue weighted by molar-refractivity contribution is -0.115. The van der Waals surface area contributed by atoms with E-state index in [1.807, 2.05) is 19.9 Å². The molecule has 0 aromatic carbocycles. The quantitative estimate of drug-likeness (QED) is 0.875. The standard InChI is InChI=1S/C12H14ClN5O/c1-4-11(19)15-10-6-9(13)14-12(16-10)18-8(3)5-7(2)17-18/h5-6H,4H2,1-3H3,(H,14,15,16,19). The first kappa shape index (κ1) is 13.5. The van der Waals surface area contributed by atoms with E-state index < -0.39 is 0 Å². The van der Waals surface area contributed by atoms with Crippen LogP contribution in [0.1, 0.15) is 24.7 Å². The number of anilines is 1. The monoisotopic (exact) mass is 279 g/mol. The Morgan fingerprint density at radius 3 is 2.68 bits per heavy atom. The van der Waals surface area contributed by atoms with Crippen LogP contribution in [0.4, 0.5) is 5.82 Å². The van der Waals surface area contributed by atoms with Crippen LogP contribution in [-0.2, 0) is 4.79 Å². The van der Waals surface area contributed by atoms with Crippen molar-refractivity contribution in [3.8, 4) is 5.95 Å². The molecule has 1 N–H and O–H groups in total. The average Bonchev–Trinajstić information content (AvgIpc) is 2.67. The first-order valence-electron chi connectivity index (χ1n) is 5.87. The molecule has 2 aromatic heterocycles. The molecule has 7 heteroatoms. The maximum absolute atomic E-state index is 11.4. The first-order chi connectivity index (χ1) is 8.99. The van der Waals surface area contributed by atoms with Crippen LogP contribution >= 0.6 is 11.6 Å². The second kappa shape index (κ2) is 5.36. The number of nitrogens with zero attached hydrogens (tertiary/aromatic N) is 4. The number of hydrogen-bond acceptors (Lipinski definition) is 4. The number of amides is 1. The minimum Gasteiger partial charge on any atom is -0.311 e. The fraction of sp³-hybridized carbons (Fsp3) is 0.333. The van der Waals surface area contributed by atoms with Crippen molar-refractivity contribution in [1.29, 1.82) is 0 Å². The molecule has 0 aliphatic carbocycles. The van der Waals surface area contributed by atoms with Crippen LogP contribution in [-0.4, -0.2) is 25.7 Å². The van der Waals surface area contributed by atoms with Crippen molar-refractivity contribution in [2.75, 3.05) is 5.32 Å². The SMILES string of the molecule is CCC(=O)Nc1cc(Cl)nc(-n2nc(C)cc2C)n1. The van der Waals surface area contributed by atoms with Crippen molar-refractivity contribution >= 4 is 23.3 Å². The summed E-state index contributed by atoms with van der Waals surface area (Å²) in [7, 11) is 0. The number of carbonyl (C=O) groups excluding carboxylic acids is 1. The largest absolute Gasteiger partial charge is 0.311 e. The lowest BCUT2D eigenvalue weighted by Gasteiger charge is -2.07. The molecule has 0 aliphatic rings. The van der Waals surface area contributed by atoms with Crippen LogP contribution in [0.15, 0.2) is 12.1 Å². The minimum absolute atomic E-state index is 0.130. The molecular formula is C12H14ClN5O. The average molecular weight is 280 g/mol. The van der Waals surface area contributed by atoms with Gasteiger partial charge in [-0.25, -0.2) is 4.68 Å². The van der Waals surface area contributed by atoms with E-state index in [4.69, 9.17) is 11.6 Å². The van der Waals surface area contributed by atoms with E-state index in [0.717, 1.165) is 11.4 Å². The third-order valence-electron chi connectivity index (χ3n) is 2.47. The fourth-order valence-corrected chi connectivity index (χ4v) is 1.81. The molecule has 0 fully saturated rings. The van der Waals surface area contributed by atoms with Crippen molar-refractivity contribution in [3.05, 3.63) is 28.7 Å². The van der Waals surface area contributed by atoms with E-state index in [1.54, 1.807) is 11.6 Å². The Morgan fingerprint density at radius 2 is 2.11 bits per heavy atom. The van der Waals surface area contributed by atoms with Gasteiger partial charge in [-0.2, -0.15) is 15.1 Å². The Bertz CT molecular complexity index is 623. The highest BCUT2D eigenvalue weighted by Gasteiger charge is 2.10. The zero-order chi connectivity index (χ0) is 14.0. The Balaban J connectivity index is 2.41. The molecule has 19 heavy (non-hydrogen) atoms. The number of halogens is 1. The summed E-state index contributed by atoms with van der Waals surface area (Å²) in [5.41, 5.74) is 1.76. The fourth-order valence-electron chi connectivity index (χ4n) is 1.63. The topological polar surface area (TPSA) is 72.7 Å². The number of aryl methyl sites for hydroxylation is 2. The summed E-state index contributed by atoms with van der Waals surface area (Å²) in [6.45, 7) is 5.54. The van der Waals surface area contributed by atoms with Gasteiger partial charge in [-0.3, -0.25) is 4.79 Å². The maximum Gasteiger partial charge on any atom is 0.254 e. The normalized spacial score (nSPS) is 10.5. The van der Waals surface area contributed by atoms with E-state index in [2.05, 4.69) is 20.4 Å². The van der Waals surface area contributed by atoms with Crippen molar-refractivity contribution < 1.29 is 4.79 Å². The lowest BCUT2D eigenvalue weighted by atomic mass is 10.4. The van der Waals surface area contributed by atoms with E-state index in [0.29, 0.717) is 18.2 Å². The minimum atomic E-state index is -0.130. The van der Waals surface area contributed by atoms with Crippen LogP contribution in [0.2, 0.25) is 5.15 Å². The van der Waals surface area contributed by atoms with Gasteiger partial charge in [0.25, 0.3) is 5.95 Å². The zero-order valence-corrected chi connectivity index (χ0v) is 11.7. The van der Waals surface area contributed by atoms with Crippen LogP contribution in [0, 0.1) is 13.8 Å². The molecule has 100 valence electrons. The number of carbonyl (C=O) groups is 1. The van der Waals surface area contributed by atoms with E-state index in [-0.39, 0.29) is 11.1 Å². The van der Waals surface area contributed by atoms with E-state index in [1.165, 1.54) is 6.07 Å². The van der Waals surface area contributed by atoms with Crippen molar-refractivity contribution in [2.24, 2.45) is 0 Å². The lowest BCUT2D eigenvalue weighted by Crippen LogP contribution is -2.13. The van der Waals surface area contributed by atoms with Gasteiger partial charge in [0, 0.05) is 18.2 Å². The number of hydrogen-bond donors (Lipinski definition) is 1. The van der Waals surface area contributed by atoms with Crippen molar-refractivity contribution in [3.63, 3.8) is 0 Å². The first-order valence-corrected chi connectivity index (χ1v) is 6.25. The zero-order valence-electron chi connectivity index (χ0n) is 10.9. The summed E-state index contributed by atoms with van der Waals surface area (Å²) in [6.07, 6.45) is 0.372. The highest BCUT2D eigenvalue weighted by Crippen LogP contribution is 2.15. The smallest absolute Gasteiger partial charge is 0.254 e.